The highest BCUT2D eigenvalue weighted by Crippen LogP contribution is 2.38. The molecule has 0 aliphatic carbocycles. The first kappa shape index (κ1) is 24.0. The molecule has 0 radical (unpaired) electrons. The number of anilines is 1. The molecule has 2 N–H and O–H groups in total. The maximum Gasteiger partial charge on any atom is 0.280 e. The first-order valence-corrected chi connectivity index (χ1v) is 12.1. The van der Waals surface area contributed by atoms with Crippen molar-refractivity contribution in [2.75, 3.05) is 18.7 Å². The highest BCUT2D eigenvalue weighted by atomic mass is 79.9. The number of nitrogens with zero attached hydrogens (tertiary/aromatic N) is 2. The molecule has 0 saturated heterocycles. The number of ether oxygens (including phenoxy) is 2. The first-order chi connectivity index (χ1) is 15.0. The van der Waals surface area contributed by atoms with Gasteiger partial charge in [0.2, 0.25) is 10.0 Å². The van der Waals surface area contributed by atoms with E-state index in [0.717, 1.165) is 5.56 Å². The standard InChI is InChI=1S/C22H24BrN3O5S/c1-13(2)12-31-21-19(23)10-15(11-20(21)30-4)9-18-14(3)25-26(22(18)27)16-5-7-17(8-6-16)32(24,28)29/h5-11,13H,12H2,1-4H3,(H2,24,28,29). The first-order valence-electron chi connectivity index (χ1n) is 9.76. The summed E-state index contributed by atoms with van der Waals surface area (Å²) < 4.78 is 34.9. The topological polar surface area (TPSA) is 111 Å². The average molecular weight is 522 g/mol. The smallest absolute Gasteiger partial charge is 0.280 e. The molecule has 1 amide bonds. The lowest BCUT2D eigenvalue weighted by Gasteiger charge is -2.15. The molecule has 0 aromatic heterocycles. The summed E-state index contributed by atoms with van der Waals surface area (Å²) in [5, 5.41) is 10.7. The third-order valence-electron chi connectivity index (χ3n) is 4.60. The number of nitrogens with two attached hydrogens (primary N) is 1. The summed E-state index contributed by atoms with van der Waals surface area (Å²) in [6.07, 6.45) is 1.72. The van der Waals surface area contributed by atoms with E-state index in [9.17, 15) is 13.2 Å². The Balaban J connectivity index is 1.91. The molecular formula is C22H24BrN3O5S. The molecule has 1 aliphatic rings. The zero-order chi connectivity index (χ0) is 23.6. The summed E-state index contributed by atoms with van der Waals surface area (Å²) in [4.78, 5) is 13.0. The van der Waals surface area contributed by atoms with Crippen molar-refractivity contribution in [3.63, 3.8) is 0 Å². The van der Waals surface area contributed by atoms with E-state index >= 15 is 0 Å². The van der Waals surface area contributed by atoms with Crippen LogP contribution in [0.2, 0.25) is 0 Å². The maximum absolute atomic E-state index is 13.0. The fourth-order valence-electron chi connectivity index (χ4n) is 3.02. The number of benzene rings is 2. The van der Waals surface area contributed by atoms with Gasteiger partial charge < -0.3 is 9.47 Å². The van der Waals surface area contributed by atoms with Crippen LogP contribution in [0.4, 0.5) is 5.69 Å². The van der Waals surface area contributed by atoms with Gasteiger partial charge in [-0.3, -0.25) is 4.79 Å². The van der Waals surface area contributed by atoms with Crippen molar-refractivity contribution in [3.05, 3.63) is 52.0 Å². The van der Waals surface area contributed by atoms with E-state index in [1.54, 1.807) is 26.2 Å². The Bertz CT molecular complexity index is 1200. The zero-order valence-electron chi connectivity index (χ0n) is 18.1. The van der Waals surface area contributed by atoms with Gasteiger partial charge >= 0.3 is 0 Å². The van der Waals surface area contributed by atoms with Crippen molar-refractivity contribution in [1.82, 2.24) is 0 Å². The van der Waals surface area contributed by atoms with E-state index in [2.05, 4.69) is 34.9 Å². The summed E-state index contributed by atoms with van der Waals surface area (Å²) in [6.45, 7) is 6.39. The van der Waals surface area contributed by atoms with E-state index in [4.69, 9.17) is 14.6 Å². The highest BCUT2D eigenvalue weighted by Gasteiger charge is 2.29. The molecule has 2 aromatic carbocycles. The molecule has 1 aliphatic heterocycles. The number of hydrogen-bond acceptors (Lipinski definition) is 6. The third kappa shape index (κ3) is 5.20. The Morgan fingerprint density at radius 2 is 1.88 bits per heavy atom. The largest absolute Gasteiger partial charge is 0.493 e. The van der Waals surface area contributed by atoms with Crippen LogP contribution in [0, 0.1) is 5.92 Å². The average Bonchev–Trinajstić information content (AvgIpc) is 3.00. The van der Waals surface area contributed by atoms with E-state index < -0.39 is 10.0 Å². The molecule has 3 rings (SSSR count). The van der Waals surface area contributed by atoms with Gasteiger partial charge in [0.15, 0.2) is 11.5 Å². The number of hydrogen-bond donors (Lipinski definition) is 1. The second-order valence-corrected chi connectivity index (χ2v) is 10.1. The Hall–Kier alpha value is -2.69. The zero-order valence-corrected chi connectivity index (χ0v) is 20.5. The van der Waals surface area contributed by atoms with Crippen molar-refractivity contribution in [2.45, 2.75) is 25.7 Å². The van der Waals surface area contributed by atoms with Gasteiger partial charge in [0, 0.05) is 0 Å². The van der Waals surface area contributed by atoms with Crippen molar-refractivity contribution in [1.29, 1.82) is 0 Å². The second-order valence-electron chi connectivity index (χ2n) is 7.64. The molecule has 32 heavy (non-hydrogen) atoms. The fraction of sp³-hybridized carbons (Fsp3) is 0.273. The monoisotopic (exact) mass is 521 g/mol. The summed E-state index contributed by atoms with van der Waals surface area (Å²) in [6, 6.07) is 9.27. The van der Waals surface area contributed by atoms with Crippen LogP contribution < -0.4 is 19.6 Å². The number of amides is 1. The van der Waals surface area contributed by atoms with Gasteiger partial charge in [0.1, 0.15) is 0 Å². The number of methoxy groups -OCH3 is 1. The molecule has 0 spiro atoms. The molecule has 0 unspecified atom stereocenters. The van der Waals surface area contributed by atoms with Gasteiger partial charge in [-0.05, 0) is 76.8 Å². The molecule has 10 heteroatoms. The lowest BCUT2D eigenvalue weighted by molar-refractivity contribution is -0.114. The molecule has 0 saturated carbocycles. The van der Waals surface area contributed by atoms with Gasteiger partial charge in [-0.25, -0.2) is 13.6 Å². The molecule has 170 valence electrons. The number of carbonyl (C=O) groups excluding carboxylic acids is 1. The van der Waals surface area contributed by atoms with Crippen LogP contribution in [-0.4, -0.2) is 33.8 Å². The lowest BCUT2D eigenvalue weighted by Crippen LogP contribution is -2.21. The van der Waals surface area contributed by atoms with Gasteiger partial charge in [-0.2, -0.15) is 10.1 Å². The number of rotatable bonds is 7. The van der Waals surface area contributed by atoms with Crippen LogP contribution in [0.15, 0.2) is 56.4 Å². The number of primary sulfonamides is 1. The van der Waals surface area contributed by atoms with Crippen LogP contribution in [0.5, 0.6) is 11.5 Å². The lowest BCUT2D eigenvalue weighted by atomic mass is 10.1. The second kappa shape index (κ2) is 9.43. The minimum absolute atomic E-state index is 0.0407. The van der Waals surface area contributed by atoms with Crippen LogP contribution in [0.1, 0.15) is 26.3 Å². The third-order valence-corrected chi connectivity index (χ3v) is 6.11. The van der Waals surface area contributed by atoms with Crippen LogP contribution in [-0.2, 0) is 14.8 Å². The summed E-state index contributed by atoms with van der Waals surface area (Å²) in [5.74, 6) is 1.17. The number of sulfonamides is 1. The predicted octanol–water partition coefficient (Wildman–Crippen LogP) is 3.95. The molecular weight excluding hydrogens is 498 g/mol. The van der Waals surface area contributed by atoms with E-state index in [0.29, 0.717) is 45.5 Å². The van der Waals surface area contributed by atoms with Gasteiger partial charge in [-0.1, -0.05) is 13.8 Å². The highest BCUT2D eigenvalue weighted by molar-refractivity contribution is 9.10. The molecule has 2 aromatic rings. The SMILES string of the molecule is COc1cc(C=C2C(=O)N(c3ccc(S(N)(=O)=O)cc3)N=C2C)cc(Br)c1OCC(C)C. The fourth-order valence-corrected chi connectivity index (χ4v) is 4.11. The van der Waals surface area contributed by atoms with Crippen molar-refractivity contribution in [2.24, 2.45) is 16.2 Å². The quantitative estimate of drug-likeness (QED) is 0.554. The van der Waals surface area contributed by atoms with Gasteiger partial charge in [0.25, 0.3) is 5.91 Å². The number of halogens is 1. The van der Waals surface area contributed by atoms with Crippen molar-refractivity contribution >= 4 is 49.3 Å². The number of carbonyl (C=O) groups is 1. The maximum atomic E-state index is 13.0. The minimum atomic E-state index is -3.82. The van der Waals surface area contributed by atoms with Crippen LogP contribution >= 0.6 is 15.9 Å². The number of hydrazone groups is 1. The minimum Gasteiger partial charge on any atom is -0.493 e. The molecule has 1 heterocycles. The Morgan fingerprint density at radius 3 is 2.44 bits per heavy atom. The van der Waals surface area contributed by atoms with Crippen LogP contribution in [0.3, 0.4) is 0 Å². The molecule has 0 fully saturated rings. The summed E-state index contributed by atoms with van der Waals surface area (Å²) in [5.41, 5.74) is 2.10. The molecule has 8 nitrogen and oxygen atoms in total. The summed E-state index contributed by atoms with van der Waals surface area (Å²) in [7, 11) is -2.26. The van der Waals surface area contributed by atoms with Gasteiger partial charge in [0.05, 0.1) is 40.1 Å². The van der Waals surface area contributed by atoms with Gasteiger partial charge in [-0.15, -0.1) is 0 Å². The van der Waals surface area contributed by atoms with E-state index in [1.165, 1.54) is 29.3 Å². The van der Waals surface area contributed by atoms with E-state index in [1.807, 2.05) is 6.07 Å². The van der Waals surface area contributed by atoms with Crippen molar-refractivity contribution in [3.8, 4) is 11.5 Å². The van der Waals surface area contributed by atoms with Crippen molar-refractivity contribution < 1.29 is 22.7 Å². The molecule has 0 atom stereocenters. The molecule has 0 bridgehead atoms. The van der Waals surface area contributed by atoms with Crippen LogP contribution in [0.25, 0.3) is 6.08 Å². The Kier molecular flexibility index (Phi) is 7.06. The predicted molar refractivity (Wildman–Crippen MR) is 127 cm³/mol. The summed E-state index contributed by atoms with van der Waals surface area (Å²) >= 11 is 3.52. The Labute approximate surface area is 195 Å². The Morgan fingerprint density at radius 1 is 1.22 bits per heavy atom. The van der Waals surface area contributed by atoms with E-state index in [-0.39, 0.29) is 10.8 Å². The normalized spacial score (nSPS) is 15.5.